The summed E-state index contributed by atoms with van der Waals surface area (Å²) in [4.78, 5) is 14.5. The van der Waals surface area contributed by atoms with Crippen LogP contribution < -0.4 is 0 Å². The highest BCUT2D eigenvalue weighted by atomic mass is 16.5. The Balaban J connectivity index is 1.97. The van der Waals surface area contributed by atoms with Gasteiger partial charge in [0.1, 0.15) is 6.04 Å². The Hall–Kier alpha value is -0.570. The van der Waals surface area contributed by atoms with E-state index in [4.69, 9.17) is 4.74 Å². The van der Waals surface area contributed by atoms with Crippen molar-refractivity contribution in [1.82, 2.24) is 4.90 Å². The number of hydrogen-bond acceptors (Lipinski definition) is 3. The average molecular weight is 253 g/mol. The highest BCUT2D eigenvalue weighted by molar-refractivity contribution is 5.75. The molecule has 2 fully saturated rings. The smallest absolute Gasteiger partial charge is 0.323 e. The number of ether oxygens (including phenoxy) is 1. The van der Waals surface area contributed by atoms with Crippen molar-refractivity contribution in [3.05, 3.63) is 0 Å². The van der Waals surface area contributed by atoms with Gasteiger partial charge in [-0.15, -0.1) is 0 Å². The van der Waals surface area contributed by atoms with E-state index in [0.717, 1.165) is 25.9 Å². The van der Waals surface area contributed by atoms with Gasteiger partial charge >= 0.3 is 5.97 Å². The van der Waals surface area contributed by atoms with Gasteiger partial charge in [0, 0.05) is 6.54 Å². The summed E-state index contributed by atoms with van der Waals surface area (Å²) in [5, 5.41) is 0. The molecule has 0 radical (unpaired) electrons. The maximum Gasteiger partial charge on any atom is 0.323 e. The zero-order valence-corrected chi connectivity index (χ0v) is 11.9. The Morgan fingerprint density at radius 1 is 1.28 bits per heavy atom. The first kappa shape index (κ1) is 13.9. The topological polar surface area (TPSA) is 29.5 Å². The van der Waals surface area contributed by atoms with E-state index in [1.54, 1.807) is 0 Å². The number of carbonyl (C=O) groups is 1. The van der Waals surface area contributed by atoms with Crippen LogP contribution in [0.1, 0.15) is 58.8 Å². The largest absolute Gasteiger partial charge is 0.465 e. The first-order valence-electron chi connectivity index (χ1n) is 7.61. The quantitative estimate of drug-likeness (QED) is 0.705. The number of esters is 1. The molecule has 1 heterocycles. The first-order valence-corrected chi connectivity index (χ1v) is 7.61. The Morgan fingerprint density at radius 3 is 2.61 bits per heavy atom. The van der Waals surface area contributed by atoms with Crippen LogP contribution in [0.25, 0.3) is 0 Å². The van der Waals surface area contributed by atoms with Crippen LogP contribution in [-0.2, 0) is 9.53 Å². The molecule has 0 aromatic heterocycles. The number of carbonyl (C=O) groups excluding carboxylic acids is 1. The predicted octanol–water partition coefficient (Wildman–Crippen LogP) is 2.98. The second-order valence-electron chi connectivity index (χ2n) is 5.98. The summed E-state index contributed by atoms with van der Waals surface area (Å²) < 4.78 is 5.24. The van der Waals surface area contributed by atoms with Gasteiger partial charge in [-0.25, -0.2) is 0 Å². The summed E-state index contributed by atoms with van der Waals surface area (Å²) in [5.74, 6) is -0.00519. The predicted molar refractivity (Wildman–Crippen MR) is 72.4 cm³/mol. The molecule has 0 aromatic rings. The lowest BCUT2D eigenvalue weighted by atomic mass is 9.85. The number of rotatable bonds is 5. The Labute approximate surface area is 111 Å². The molecule has 1 saturated carbocycles. The van der Waals surface area contributed by atoms with Crippen molar-refractivity contribution in [3.63, 3.8) is 0 Å². The standard InChI is InChI=1S/C15H27NO2/c1-3-7-13(14(17)18-4-2)16-11-10-15(12-16)8-5-6-9-15/h13H,3-12H2,1-2H3. The highest BCUT2D eigenvalue weighted by Gasteiger charge is 2.43. The van der Waals surface area contributed by atoms with Crippen LogP contribution in [0, 0.1) is 5.41 Å². The van der Waals surface area contributed by atoms with Crippen molar-refractivity contribution in [2.24, 2.45) is 5.41 Å². The molecule has 104 valence electrons. The third-order valence-corrected chi connectivity index (χ3v) is 4.69. The average Bonchev–Trinajstić information content (AvgIpc) is 2.98. The molecule has 3 heteroatoms. The fourth-order valence-corrected chi connectivity index (χ4v) is 3.73. The molecule has 1 spiro atoms. The van der Waals surface area contributed by atoms with E-state index in [9.17, 15) is 4.79 Å². The second-order valence-corrected chi connectivity index (χ2v) is 5.98. The number of likely N-dealkylation sites (tertiary alicyclic amines) is 1. The zero-order chi connectivity index (χ0) is 13.0. The van der Waals surface area contributed by atoms with Crippen molar-refractivity contribution in [3.8, 4) is 0 Å². The molecular weight excluding hydrogens is 226 g/mol. The van der Waals surface area contributed by atoms with Crippen LogP contribution in [0.4, 0.5) is 0 Å². The van der Waals surface area contributed by atoms with E-state index in [1.807, 2.05) is 6.92 Å². The number of nitrogens with zero attached hydrogens (tertiary/aromatic N) is 1. The minimum atomic E-state index is -0.00519. The summed E-state index contributed by atoms with van der Waals surface area (Å²) in [7, 11) is 0. The van der Waals surface area contributed by atoms with Gasteiger partial charge in [-0.2, -0.15) is 0 Å². The Kier molecular flexibility index (Phi) is 4.66. The van der Waals surface area contributed by atoms with Crippen LogP contribution >= 0.6 is 0 Å². The second kappa shape index (κ2) is 6.05. The molecule has 2 aliphatic rings. The Bertz CT molecular complexity index is 284. The third kappa shape index (κ3) is 2.87. The minimum Gasteiger partial charge on any atom is -0.465 e. The zero-order valence-electron chi connectivity index (χ0n) is 11.9. The molecule has 0 amide bonds. The van der Waals surface area contributed by atoms with E-state index in [1.165, 1.54) is 32.1 Å². The van der Waals surface area contributed by atoms with Gasteiger partial charge in [-0.1, -0.05) is 26.2 Å². The van der Waals surface area contributed by atoms with Crippen molar-refractivity contribution in [2.75, 3.05) is 19.7 Å². The first-order chi connectivity index (χ1) is 8.71. The van der Waals surface area contributed by atoms with Crippen molar-refractivity contribution in [2.45, 2.75) is 64.8 Å². The molecule has 0 aromatic carbocycles. The highest BCUT2D eigenvalue weighted by Crippen LogP contribution is 2.46. The van der Waals surface area contributed by atoms with Crippen molar-refractivity contribution in [1.29, 1.82) is 0 Å². The van der Waals surface area contributed by atoms with Crippen molar-refractivity contribution >= 4 is 5.97 Å². The van der Waals surface area contributed by atoms with Crippen LogP contribution in [-0.4, -0.2) is 36.6 Å². The SMILES string of the molecule is CCCC(C(=O)OCC)N1CCC2(CCCC2)C1. The van der Waals surface area contributed by atoms with E-state index < -0.39 is 0 Å². The molecular formula is C15H27NO2. The van der Waals surface area contributed by atoms with Gasteiger partial charge < -0.3 is 4.74 Å². The molecule has 1 unspecified atom stereocenters. The van der Waals surface area contributed by atoms with E-state index in [0.29, 0.717) is 12.0 Å². The lowest BCUT2D eigenvalue weighted by molar-refractivity contribution is -0.149. The Morgan fingerprint density at radius 2 is 2.00 bits per heavy atom. The summed E-state index contributed by atoms with van der Waals surface area (Å²) in [6.07, 6.45) is 8.77. The van der Waals surface area contributed by atoms with Gasteiger partial charge in [0.05, 0.1) is 6.61 Å². The molecule has 3 nitrogen and oxygen atoms in total. The maximum absolute atomic E-state index is 12.1. The van der Waals surface area contributed by atoms with Crippen LogP contribution in [0.15, 0.2) is 0 Å². The fraction of sp³-hybridized carbons (Fsp3) is 0.933. The summed E-state index contributed by atoms with van der Waals surface area (Å²) >= 11 is 0. The summed E-state index contributed by atoms with van der Waals surface area (Å²) in [5.41, 5.74) is 0.540. The van der Waals surface area contributed by atoms with Gasteiger partial charge in [0.2, 0.25) is 0 Å². The maximum atomic E-state index is 12.1. The minimum absolute atomic E-state index is 0.00519. The molecule has 0 bridgehead atoms. The van der Waals surface area contributed by atoms with Crippen molar-refractivity contribution < 1.29 is 9.53 Å². The van der Waals surface area contributed by atoms with Gasteiger partial charge in [-0.3, -0.25) is 9.69 Å². The summed E-state index contributed by atoms with van der Waals surface area (Å²) in [6.45, 7) is 6.75. The molecule has 2 rings (SSSR count). The lowest BCUT2D eigenvalue weighted by Gasteiger charge is -2.28. The molecule has 0 N–H and O–H groups in total. The lowest BCUT2D eigenvalue weighted by Crippen LogP contribution is -2.41. The normalized spacial score (nSPS) is 24.6. The van der Waals surface area contributed by atoms with Crippen LogP contribution in [0.5, 0.6) is 0 Å². The molecule has 1 atom stereocenters. The van der Waals surface area contributed by atoms with Crippen LogP contribution in [0.3, 0.4) is 0 Å². The molecule has 1 aliphatic carbocycles. The number of hydrogen-bond donors (Lipinski definition) is 0. The molecule has 18 heavy (non-hydrogen) atoms. The van der Waals surface area contributed by atoms with Gasteiger partial charge in [0.25, 0.3) is 0 Å². The molecule has 1 aliphatic heterocycles. The summed E-state index contributed by atoms with van der Waals surface area (Å²) in [6, 6.07) is 0.00919. The fourth-order valence-electron chi connectivity index (χ4n) is 3.73. The van der Waals surface area contributed by atoms with Gasteiger partial charge in [0.15, 0.2) is 0 Å². The molecule has 1 saturated heterocycles. The van der Waals surface area contributed by atoms with Gasteiger partial charge in [-0.05, 0) is 44.6 Å². The van der Waals surface area contributed by atoms with Crippen LogP contribution in [0.2, 0.25) is 0 Å². The third-order valence-electron chi connectivity index (χ3n) is 4.69. The van der Waals surface area contributed by atoms with E-state index >= 15 is 0 Å². The van der Waals surface area contributed by atoms with E-state index in [2.05, 4.69) is 11.8 Å². The monoisotopic (exact) mass is 253 g/mol. The van der Waals surface area contributed by atoms with E-state index in [-0.39, 0.29) is 12.0 Å².